The van der Waals surface area contributed by atoms with Crippen molar-refractivity contribution < 1.29 is 8.42 Å². The zero-order chi connectivity index (χ0) is 24.8. The maximum absolute atomic E-state index is 12.9. The van der Waals surface area contributed by atoms with Crippen molar-refractivity contribution >= 4 is 15.7 Å². The summed E-state index contributed by atoms with van der Waals surface area (Å²) in [6, 6.07) is 20.4. The van der Waals surface area contributed by atoms with Gasteiger partial charge in [-0.1, -0.05) is 74.2 Å². The van der Waals surface area contributed by atoms with Gasteiger partial charge in [0.15, 0.2) is 0 Å². The lowest BCUT2D eigenvalue weighted by Crippen LogP contribution is -2.25. The second kappa shape index (κ2) is 14.1. The van der Waals surface area contributed by atoms with E-state index in [0.29, 0.717) is 22.7 Å². The van der Waals surface area contributed by atoms with Gasteiger partial charge in [-0.3, -0.25) is 4.98 Å². The maximum Gasteiger partial charge on any atom is 0.241 e. The lowest BCUT2D eigenvalue weighted by atomic mass is 10.1. The smallest absolute Gasteiger partial charge is 0.241 e. The molecule has 0 amide bonds. The van der Waals surface area contributed by atoms with Crippen LogP contribution in [0.5, 0.6) is 0 Å². The molecule has 3 N–H and O–H groups in total. The van der Waals surface area contributed by atoms with E-state index in [1.54, 1.807) is 30.7 Å². The minimum absolute atomic E-state index is 0.317. The van der Waals surface area contributed by atoms with Crippen LogP contribution in [0, 0.1) is 5.53 Å². The molecule has 0 aliphatic carbocycles. The Hall–Kier alpha value is -3.36. The third kappa shape index (κ3) is 8.42. The van der Waals surface area contributed by atoms with Crippen molar-refractivity contribution in [2.24, 2.45) is 5.11 Å². The molecule has 3 rings (SSSR count). The predicted octanol–water partition coefficient (Wildman–Crippen LogP) is 5.99. The van der Waals surface area contributed by atoms with Crippen LogP contribution >= 0.6 is 0 Å². The van der Waals surface area contributed by atoms with Gasteiger partial charge in [-0.2, -0.15) is 5.11 Å². The zero-order valence-electron chi connectivity index (χ0n) is 19.9. The van der Waals surface area contributed by atoms with Crippen molar-refractivity contribution in [3.8, 4) is 11.1 Å². The fourth-order valence-corrected chi connectivity index (χ4v) is 5.07. The molecule has 0 aliphatic rings. The molecule has 3 aromatic rings. The Morgan fingerprint density at radius 2 is 1.54 bits per heavy atom. The molecule has 8 heteroatoms. The first-order chi connectivity index (χ1) is 17.1. The quantitative estimate of drug-likeness (QED) is 0.179. The van der Waals surface area contributed by atoms with Crippen LogP contribution in [-0.4, -0.2) is 26.5 Å². The summed E-state index contributed by atoms with van der Waals surface area (Å²) in [4.78, 5) is 4.37. The molecule has 0 radical (unpaired) electrons. The van der Waals surface area contributed by atoms with Crippen molar-refractivity contribution in [2.75, 3.05) is 13.1 Å². The predicted molar refractivity (Wildman–Crippen MR) is 140 cm³/mol. The molecule has 7 nitrogen and oxygen atoms in total. The molecule has 0 unspecified atom stereocenters. The van der Waals surface area contributed by atoms with Gasteiger partial charge in [0.25, 0.3) is 0 Å². The number of sulfonamides is 1. The van der Waals surface area contributed by atoms with E-state index >= 15 is 0 Å². The van der Waals surface area contributed by atoms with Crippen LogP contribution in [0.25, 0.3) is 16.8 Å². The lowest BCUT2D eigenvalue weighted by Gasteiger charge is -2.12. The van der Waals surface area contributed by atoms with Gasteiger partial charge in [-0.05, 0) is 36.6 Å². The number of nitrogens with zero attached hydrogens (tertiary/aromatic N) is 2. The van der Waals surface area contributed by atoms with Gasteiger partial charge in [0, 0.05) is 42.8 Å². The zero-order valence-corrected chi connectivity index (χ0v) is 20.7. The maximum atomic E-state index is 12.9. The highest BCUT2D eigenvalue weighted by Crippen LogP contribution is 2.26. The average Bonchev–Trinajstić information content (AvgIpc) is 2.90. The van der Waals surface area contributed by atoms with Gasteiger partial charge < -0.3 is 5.32 Å². The number of benzene rings is 2. The van der Waals surface area contributed by atoms with E-state index in [-0.39, 0.29) is 0 Å². The van der Waals surface area contributed by atoms with E-state index in [2.05, 4.69) is 20.1 Å². The molecule has 35 heavy (non-hydrogen) atoms. The second-order valence-corrected chi connectivity index (χ2v) is 9.95. The number of aromatic nitrogens is 1. The fourth-order valence-electron chi connectivity index (χ4n) is 3.76. The van der Waals surface area contributed by atoms with E-state index in [1.807, 2.05) is 54.6 Å². The van der Waals surface area contributed by atoms with Crippen molar-refractivity contribution in [3.63, 3.8) is 0 Å². The van der Waals surface area contributed by atoms with Crippen molar-refractivity contribution in [1.29, 1.82) is 5.53 Å². The van der Waals surface area contributed by atoms with Crippen LogP contribution in [0.1, 0.15) is 44.1 Å². The Morgan fingerprint density at radius 1 is 0.857 bits per heavy atom. The average molecular weight is 492 g/mol. The third-order valence-electron chi connectivity index (χ3n) is 5.62. The molecule has 0 bridgehead atoms. The number of hydrogen-bond acceptors (Lipinski definition) is 6. The van der Waals surface area contributed by atoms with Crippen LogP contribution < -0.4 is 10.0 Å². The molecular weight excluding hydrogens is 458 g/mol. The summed E-state index contributed by atoms with van der Waals surface area (Å²) in [6.07, 6.45) is 11.2. The normalized spacial score (nSPS) is 11.8. The highest BCUT2D eigenvalue weighted by atomic mass is 32.2. The van der Waals surface area contributed by atoms with Crippen molar-refractivity contribution in [1.82, 2.24) is 15.0 Å². The summed E-state index contributed by atoms with van der Waals surface area (Å²) < 4.78 is 28.5. The summed E-state index contributed by atoms with van der Waals surface area (Å²) in [5.41, 5.74) is 10.3. The van der Waals surface area contributed by atoms with E-state index in [9.17, 15) is 8.42 Å². The van der Waals surface area contributed by atoms with E-state index in [4.69, 9.17) is 5.53 Å². The summed E-state index contributed by atoms with van der Waals surface area (Å²) in [7, 11) is -3.56. The van der Waals surface area contributed by atoms with Gasteiger partial charge >= 0.3 is 0 Å². The van der Waals surface area contributed by atoms with Crippen LogP contribution in [0.3, 0.4) is 0 Å². The molecule has 0 spiro atoms. The summed E-state index contributed by atoms with van der Waals surface area (Å²) in [5.74, 6) is 0. The van der Waals surface area contributed by atoms with Gasteiger partial charge in [-0.15, -0.1) is 0 Å². The number of pyridine rings is 1. The van der Waals surface area contributed by atoms with Crippen LogP contribution in [-0.2, 0) is 10.0 Å². The first-order valence-corrected chi connectivity index (χ1v) is 13.5. The van der Waals surface area contributed by atoms with Gasteiger partial charge in [-0.25, -0.2) is 18.7 Å². The molecule has 1 heterocycles. The number of hydrogen-bond donors (Lipinski definition) is 3. The molecule has 0 atom stereocenters. The molecule has 0 fully saturated rings. The molecule has 184 valence electrons. The minimum atomic E-state index is -3.56. The first-order valence-electron chi connectivity index (χ1n) is 12.0. The highest BCUT2D eigenvalue weighted by molar-refractivity contribution is 7.89. The van der Waals surface area contributed by atoms with E-state index < -0.39 is 10.0 Å². The molecule has 0 saturated heterocycles. The Kier molecular flexibility index (Phi) is 10.6. The molecule has 1 aromatic heterocycles. The summed E-state index contributed by atoms with van der Waals surface area (Å²) >= 11 is 0. The SMILES string of the molecule is N=N/C(=C\NCCCCCCCCNS(=O)(=O)c1ccccc1-c1ccccc1)c1cccnc1. The monoisotopic (exact) mass is 491 g/mol. The highest BCUT2D eigenvalue weighted by Gasteiger charge is 2.18. The Bertz CT molecular complexity index is 1180. The lowest BCUT2D eigenvalue weighted by molar-refractivity contribution is 0.563. The topological polar surface area (TPSA) is 107 Å². The largest absolute Gasteiger partial charge is 0.389 e. The van der Waals surface area contributed by atoms with E-state index in [0.717, 1.165) is 56.2 Å². The first kappa shape index (κ1) is 26.2. The molecule has 0 aliphatic heterocycles. The van der Waals surface area contributed by atoms with Gasteiger partial charge in [0.1, 0.15) is 5.70 Å². The number of unbranched alkanes of at least 4 members (excludes halogenated alkanes) is 5. The molecule has 2 aromatic carbocycles. The van der Waals surface area contributed by atoms with Crippen LogP contribution in [0.2, 0.25) is 0 Å². The van der Waals surface area contributed by atoms with Crippen molar-refractivity contribution in [2.45, 2.75) is 43.4 Å². The summed E-state index contributed by atoms with van der Waals surface area (Å²) in [6.45, 7) is 1.26. The van der Waals surface area contributed by atoms with Gasteiger partial charge in [0.2, 0.25) is 10.0 Å². The van der Waals surface area contributed by atoms with Gasteiger partial charge in [0.05, 0.1) is 4.90 Å². The summed E-state index contributed by atoms with van der Waals surface area (Å²) in [5, 5.41) is 6.76. The fraction of sp³-hybridized carbons (Fsp3) is 0.296. The minimum Gasteiger partial charge on any atom is -0.389 e. The third-order valence-corrected chi connectivity index (χ3v) is 7.14. The second-order valence-electron chi connectivity index (χ2n) is 8.22. The van der Waals surface area contributed by atoms with E-state index in [1.165, 1.54) is 0 Å². The Labute approximate surface area is 208 Å². The Morgan fingerprint density at radius 3 is 2.26 bits per heavy atom. The molecule has 0 saturated carbocycles. The van der Waals surface area contributed by atoms with Crippen molar-refractivity contribution in [3.05, 3.63) is 90.9 Å². The van der Waals surface area contributed by atoms with Crippen LogP contribution in [0.4, 0.5) is 0 Å². The van der Waals surface area contributed by atoms with Crippen LogP contribution in [0.15, 0.2) is 95.3 Å². The molecular formula is C27H33N5O2S. The number of rotatable bonds is 15. The number of nitrogens with one attached hydrogen (secondary N) is 3. The Balaban J connectivity index is 1.31. The standard InChI is InChI=1S/C27H33N5O2S/c28-32-26(24-15-12-19-29-21-24)22-30-18-10-3-1-2-4-11-20-31-35(33,34)27-17-9-8-16-25(27)23-13-6-5-7-14-23/h5-9,12-17,19,21-22,28,30-31H,1-4,10-11,18,20H2/b26-22-,32-28?.